The molecular weight excluding hydrogens is 437 g/mol. The Morgan fingerprint density at radius 1 is 1.23 bits per heavy atom. The van der Waals surface area contributed by atoms with E-state index in [-0.39, 0.29) is 40.1 Å². The summed E-state index contributed by atoms with van der Waals surface area (Å²) in [7, 11) is -4.23. The Kier molecular flexibility index (Phi) is 5.45. The zero-order valence-electron chi connectivity index (χ0n) is 15.8. The lowest BCUT2D eigenvalue weighted by molar-refractivity contribution is 0.0303. The first-order chi connectivity index (χ1) is 14.7. The van der Waals surface area contributed by atoms with E-state index in [0.29, 0.717) is 0 Å². The maximum absolute atomic E-state index is 13.9. The van der Waals surface area contributed by atoms with Gasteiger partial charge in [-0.05, 0) is 30.7 Å². The predicted molar refractivity (Wildman–Crippen MR) is 105 cm³/mol. The second-order valence-electron chi connectivity index (χ2n) is 7.09. The number of amides is 1. The molecule has 0 radical (unpaired) electrons. The van der Waals surface area contributed by atoms with Crippen LogP contribution in [-0.2, 0) is 10.0 Å². The van der Waals surface area contributed by atoms with E-state index >= 15 is 0 Å². The maximum Gasteiger partial charge on any atom is 0.255 e. The second kappa shape index (κ2) is 7.94. The number of anilines is 1. The summed E-state index contributed by atoms with van der Waals surface area (Å²) in [4.78, 5) is 19.1. The molecule has 0 saturated carbocycles. The second-order valence-corrected chi connectivity index (χ2v) is 9.00. The van der Waals surface area contributed by atoms with Gasteiger partial charge in [0.15, 0.2) is 11.6 Å². The maximum atomic E-state index is 13.9. The number of carbonyl (C=O) groups excluding carboxylic acids is 1. The van der Waals surface area contributed by atoms with Crippen molar-refractivity contribution >= 4 is 32.7 Å². The quantitative estimate of drug-likeness (QED) is 0.559. The van der Waals surface area contributed by atoms with Gasteiger partial charge in [-0.2, -0.15) is 4.31 Å². The number of hydrogen-bond acceptors (Lipinski definition) is 5. The first-order valence-electron chi connectivity index (χ1n) is 9.22. The SMILES string of the molecule is O=C(Nc1ccc(F)c(F)c1)c1cc(S(=O)(=O)N2CCC(O)C(F)C2)c2[nH]cnc2c1. The normalized spacial score (nSPS) is 20.1. The fourth-order valence-corrected chi connectivity index (χ4v) is 5.01. The zero-order valence-corrected chi connectivity index (χ0v) is 16.7. The summed E-state index contributed by atoms with van der Waals surface area (Å²) in [5.41, 5.74) is 0.175. The van der Waals surface area contributed by atoms with Crippen LogP contribution in [0, 0.1) is 11.6 Å². The molecule has 2 atom stereocenters. The molecule has 2 aromatic carbocycles. The molecule has 0 bridgehead atoms. The third kappa shape index (κ3) is 4.01. The number of sulfonamides is 1. The minimum absolute atomic E-state index is 0.0271. The van der Waals surface area contributed by atoms with Crippen LogP contribution in [0.1, 0.15) is 16.8 Å². The number of hydrogen-bond donors (Lipinski definition) is 3. The van der Waals surface area contributed by atoms with Gasteiger partial charge in [0.1, 0.15) is 11.1 Å². The molecule has 3 N–H and O–H groups in total. The van der Waals surface area contributed by atoms with Crippen molar-refractivity contribution in [2.24, 2.45) is 0 Å². The van der Waals surface area contributed by atoms with Gasteiger partial charge in [-0.15, -0.1) is 0 Å². The molecule has 8 nitrogen and oxygen atoms in total. The van der Waals surface area contributed by atoms with E-state index in [1.165, 1.54) is 12.4 Å². The Bertz CT molecular complexity index is 1260. The lowest BCUT2D eigenvalue weighted by Crippen LogP contribution is -2.47. The van der Waals surface area contributed by atoms with Crippen LogP contribution in [0.4, 0.5) is 18.9 Å². The van der Waals surface area contributed by atoms with Gasteiger partial charge in [0, 0.05) is 30.4 Å². The Balaban J connectivity index is 1.71. The fourth-order valence-electron chi connectivity index (χ4n) is 3.35. The minimum atomic E-state index is -4.23. The Labute approximate surface area is 174 Å². The number of fused-ring (bicyclic) bond motifs is 1. The number of nitrogens with one attached hydrogen (secondary N) is 2. The van der Waals surface area contributed by atoms with Gasteiger partial charge in [0.25, 0.3) is 5.91 Å². The van der Waals surface area contributed by atoms with Crippen LogP contribution in [0.25, 0.3) is 11.0 Å². The summed E-state index contributed by atoms with van der Waals surface area (Å²) in [6.07, 6.45) is -1.80. The number of H-pyrrole nitrogens is 1. The highest BCUT2D eigenvalue weighted by atomic mass is 32.2. The number of benzene rings is 2. The summed E-state index contributed by atoms with van der Waals surface area (Å²) in [6, 6.07) is 5.22. The van der Waals surface area contributed by atoms with Gasteiger partial charge >= 0.3 is 0 Å². The summed E-state index contributed by atoms with van der Waals surface area (Å²) in [5.74, 6) is -3.01. The van der Waals surface area contributed by atoms with Crippen molar-refractivity contribution in [3.63, 3.8) is 0 Å². The van der Waals surface area contributed by atoms with E-state index in [1.54, 1.807) is 0 Å². The van der Waals surface area contributed by atoms with Crippen molar-refractivity contribution in [1.29, 1.82) is 0 Å². The molecule has 31 heavy (non-hydrogen) atoms. The van der Waals surface area contributed by atoms with Crippen LogP contribution in [-0.4, -0.2) is 59.1 Å². The number of nitrogens with zero attached hydrogens (tertiary/aromatic N) is 2. The molecule has 1 aliphatic heterocycles. The summed E-state index contributed by atoms with van der Waals surface area (Å²) < 4.78 is 67.7. The highest BCUT2D eigenvalue weighted by Gasteiger charge is 2.36. The topological polar surface area (TPSA) is 115 Å². The molecule has 1 aliphatic rings. The third-order valence-corrected chi connectivity index (χ3v) is 6.91. The van der Waals surface area contributed by atoms with Gasteiger partial charge in [-0.3, -0.25) is 4.79 Å². The van der Waals surface area contributed by atoms with Gasteiger partial charge in [-0.25, -0.2) is 26.6 Å². The first-order valence-corrected chi connectivity index (χ1v) is 10.7. The molecule has 2 unspecified atom stereocenters. The van der Waals surface area contributed by atoms with Crippen LogP contribution in [0.5, 0.6) is 0 Å². The monoisotopic (exact) mass is 454 g/mol. The lowest BCUT2D eigenvalue weighted by Gasteiger charge is -2.31. The average Bonchev–Trinajstić information content (AvgIpc) is 3.20. The number of halogens is 3. The molecule has 3 aromatic rings. The molecule has 1 saturated heterocycles. The van der Waals surface area contributed by atoms with E-state index in [1.807, 2.05) is 0 Å². The smallest absolute Gasteiger partial charge is 0.255 e. The highest BCUT2D eigenvalue weighted by Crippen LogP contribution is 2.28. The van der Waals surface area contributed by atoms with Crippen LogP contribution >= 0.6 is 0 Å². The van der Waals surface area contributed by atoms with Crippen molar-refractivity contribution in [3.8, 4) is 0 Å². The van der Waals surface area contributed by atoms with E-state index in [4.69, 9.17) is 0 Å². The van der Waals surface area contributed by atoms with Gasteiger partial charge in [0.2, 0.25) is 10.0 Å². The number of piperidine rings is 1. The minimum Gasteiger partial charge on any atom is -0.390 e. The summed E-state index contributed by atoms with van der Waals surface area (Å²) in [5, 5.41) is 11.9. The largest absolute Gasteiger partial charge is 0.390 e. The first kappa shape index (κ1) is 21.3. The molecule has 0 aliphatic carbocycles. The zero-order chi connectivity index (χ0) is 22.3. The van der Waals surface area contributed by atoms with Crippen molar-refractivity contribution in [2.75, 3.05) is 18.4 Å². The Morgan fingerprint density at radius 2 is 2.00 bits per heavy atom. The summed E-state index contributed by atoms with van der Waals surface area (Å²) >= 11 is 0. The number of aromatic amines is 1. The Hall–Kier alpha value is -2.96. The molecule has 1 aromatic heterocycles. The Morgan fingerprint density at radius 3 is 2.71 bits per heavy atom. The van der Waals surface area contributed by atoms with Gasteiger partial charge in [-0.1, -0.05) is 0 Å². The average molecular weight is 454 g/mol. The van der Waals surface area contributed by atoms with Gasteiger partial charge < -0.3 is 15.4 Å². The fraction of sp³-hybridized carbons (Fsp3) is 0.263. The molecule has 0 spiro atoms. The third-order valence-electron chi connectivity index (χ3n) is 5.02. The molecule has 12 heteroatoms. The van der Waals surface area contributed by atoms with Crippen LogP contribution < -0.4 is 5.32 Å². The van der Waals surface area contributed by atoms with Crippen molar-refractivity contribution in [2.45, 2.75) is 23.6 Å². The van der Waals surface area contributed by atoms with Gasteiger partial charge in [0.05, 0.1) is 23.5 Å². The van der Waals surface area contributed by atoms with E-state index < -0.39 is 46.4 Å². The number of aliphatic hydroxyl groups is 1. The number of carbonyl (C=O) groups is 1. The number of alkyl halides is 1. The van der Waals surface area contributed by atoms with Crippen molar-refractivity contribution < 1.29 is 31.5 Å². The van der Waals surface area contributed by atoms with E-state index in [2.05, 4.69) is 15.3 Å². The molecule has 4 rings (SSSR count). The van der Waals surface area contributed by atoms with Crippen LogP contribution in [0.15, 0.2) is 41.6 Å². The molecular formula is C19H17F3N4O4S. The molecule has 164 valence electrons. The van der Waals surface area contributed by atoms with E-state index in [0.717, 1.165) is 28.6 Å². The van der Waals surface area contributed by atoms with Crippen molar-refractivity contribution in [3.05, 3.63) is 53.9 Å². The van der Waals surface area contributed by atoms with Crippen LogP contribution in [0.3, 0.4) is 0 Å². The van der Waals surface area contributed by atoms with Crippen molar-refractivity contribution in [1.82, 2.24) is 14.3 Å². The number of aliphatic hydroxyl groups excluding tert-OH is 1. The number of imidazole rings is 1. The standard InChI is InChI=1S/C19H17F3N4O4S/c20-12-2-1-11(7-13(12)21)25-19(28)10-5-15-18(24-9-23-15)17(6-10)31(29,30)26-4-3-16(27)14(22)8-26/h1-2,5-7,9,14,16,27H,3-4,8H2,(H,23,24)(H,25,28). The highest BCUT2D eigenvalue weighted by molar-refractivity contribution is 7.89. The lowest BCUT2D eigenvalue weighted by atomic mass is 10.1. The molecule has 1 amide bonds. The van der Waals surface area contributed by atoms with E-state index in [9.17, 15) is 31.5 Å². The molecule has 2 heterocycles. The molecule has 1 fully saturated rings. The predicted octanol–water partition coefficient (Wildman–Crippen LogP) is 2.19. The number of rotatable bonds is 4. The number of aromatic nitrogens is 2. The van der Waals surface area contributed by atoms with Crippen LogP contribution in [0.2, 0.25) is 0 Å². The summed E-state index contributed by atoms with van der Waals surface area (Å²) in [6.45, 7) is -0.616.